The normalized spacial score (nSPS) is 10.1. The third kappa shape index (κ3) is 3.42. The van der Waals surface area contributed by atoms with E-state index in [1.54, 1.807) is 30.5 Å². The van der Waals surface area contributed by atoms with Crippen molar-refractivity contribution < 1.29 is 9.72 Å². The number of amides is 1. The average Bonchev–Trinajstić information content (AvgIpc) is 2.53. The topological polar surface area (TPSA) is 76.3 Å². The van der Waals surface area contributed by atoms with E-state index in [1.807, 2.05) is 6.92 Å². The minimum Gasteiger partial charge on any atom is -0.308 e. The molecule has 6 heteroatoms. The van der Waals surface area contributed by atoms with Gasteiger partial charge in [0.1, 0.15) is 0 Å². The number of benzene rings is 1. The minimum absolute atomic E-state index is 0.0346. The van der Waals surface area contributed by atoms with Crippen molar-refractivity contribution in [2.45, 2.75) is 13.3 Å². The van der Waals surface area contributed by atoms with Gasteiger partial charge in [0.15, 0.2) is 0 Å². The third-order valence-corrected chi connectivity index (χ3v) is 2.95. The molecule has 108 valence electrons. The number of nitrogens with zero attached hydrogens (tertiary/aromatic N) is 3. The van der Waals surface area contributed by atoms with Crippen LogP contribution in [0.1, 0.15) is 23.7 Å². The zero-order valence-corrected chi connectivity index (χ0v) is 11.6. The van der Waals surface area contributed by atoms with Crippen molar-refractivity contribution in [1.29, 1.82) is 0 Å². The van der Waals surface area contributed by atoms with Gasteiger partial charge in [0.25, 0.3) is 11.6 Å². The number of hydrogen-bond donors (Lipinski definition) is 0. The Balaban J connectivity index is 2.37. The molecule has 1 aromatic heterocycles. The van der Waals surface area contributed by atoms with Crippen LogP contribution < -0.4 is 4.90 Å². The number of anilines is 1. The lowest BCUT2D eigenvalue weighted by molar-refractivity contribution is -0.384. The van der Waals surface area contributed by atoms with Crippen molar-refractivity contribution in [1.82, 2.24) is 4.98 Å². The SMILES string of the molecule is CCCN(C(=O)c1cccnc1)c1cccc([N+](=O)[O-])c1. The number of rotatable bonds is 5. The molecule has 0 saturated carbocycles. The van der Waals surface area contributed by atoms with Gasteiger partial charge in [0.05, 0.1) is 16.2 Å². The first-order valence-corrected chi connectivity index (χ1v) is 6.60. The zero-order valence-electron chi connectivity index (χ0n) is 11.6. The van der Waals surface area contributed by atoms with Gasteiger partial charge in [0, 0.05) is 31.1 Å². The van der Waals surface area contributed by atoms with Crippen molar-refractivity contribution in [3.05, 3.63) is 64.5 Å². The number of pyridine rings is 1. The van der Waals surface area contributed by atoms with Gasteiger partial charge in [-0.15, -0.1) is 0 Å². The molecule has 0 aliphatic carbocycles. The zero-order chi connectivity index (χ0) is 15.2. The second-order valence-electron chi connectivity index (χ2n) is 4.48. The van der Waals surface area contributed by atoms with Crippen molar-refractivity contribution in [3.63, 3.8) is 0 Å². The van der Waals surface area contributed by atoms with Crippen molar-refractivity contribution in [2.24, 2.45) is 0 Å². The number of non-ortho nitro benzene ring substituents is 1. The Bertz CT molecular complexity index is 644. The number of carbonyl (C=O) groups is 1. The second-order valence-corrected chi connectivity index (χ2v) is 4.48. The number of nitro groups is 1. The van der Waals surface area contributed by atoms with E-state index in [-0.39, 0.29) is 11.6 Å². The van der Waals surface area contributed by atoms with Crippen LogP contribution in [0.4, 0.5) is 11.4 Å². The van der Waals surface area contributed by atoms with E-state index in [0.717, 1.165) is 6.42 Å². The maximum Gasteiger partial charge on any atom is 0.271 e. The fraction of sp³-hybridized carbons (Fsp3) is 0.200. The van der Waals surface area contributed by atoms with Crippen LogP contribution in [0.2, 0.25) is 0 Å². The first-order valence-electron chi connectivity index (χ1n) is 6.60. The summed E-state index contributed by atoms with van der Waals surface area (Å²) in [7, 11) is 0. The van der Waals surface area contributed by atoms with Crippen LogP contribution in [0.25, 0.3) is 0 Å². The van der Waals surface area contributed by atoms with E-state index in [0.29, 0.717) is 17.8 Å². The molecule has 0 radical (unpaired) electrons. The van der Waals surface area contributed by atoms with Gasteiger partial charge in [-0.05, 0) is 24.6 Å². The predicted molar refractivity (Wildman–Crippen MR) is 79.3 cm³/mol. The van der Waals surface area contributed by atoms with Crippen LogP contribution >= 0.6 is 0 Å². The number of aromatic nitrogens is 1. The fourth-order valence-electron chi connectivity index (χ4n) is 1.99. The summed E-state index contributed by atoms with van der Waals surface area (Å²) in [5.74, 6) is -0.217. The lowest BCUT2D eigenvalue weighted by Crippen LogP contribution is -2.31. The molecule has 0 N–H and O–H groups in total. The number of carbonyl (C=O) groups excluding carboxylic acids is 1. The van der Waals surface area contributed by atoms with Gasteiger partial charge in [-0.3, -0.25) is 19.9 Å². The molecule has 0 aliphatic heterocycles. The molecule has 0 unspecified atom stereocenters. The van der Waals surface area contributed by atoms with Gasteiger partial charge >= 0.3 is 0 Å². The quantitative estimate of drug-likeness (QED) is 0.625. The minimum atomic E-state index is -0.470. The first kappa shape index (κ1) is 14.6. The highest BCUT2D eigenvalue weighted by atomic mass is 16.6. The summed E-state index contributed by atoms with van der Waals surface area (Å²) in [4.78, 5) is 28.4. The Kier molecular flexibility index (Phi) is 4.61. The van der Waals surface area contributed by atoms with Gasteiger partial charge in [-0.25, -0.2) is 0 Å². The molecule has 21 heavy (non-hydrogen) atoms. The first-order chi connectivity index (χ1) is 10.1. The summed E-state index contributed by atoms with van der Waals surface area (Å²) in [5, 5.41) is 10.9. The van der Waals surface area contributed by atoms with Crippen LogP contribution in [-0.2, 0) is 0 Å². The lowest BCUT2D eigenvalue weighted by Gasteiger charge is -2.22. The summed E-state index contributed by atoms with van der Waals surface area (Å²) in [5.41, 5.74) is 0.935. The van der Waals surface area contributed by atoms with Crippen LogP contribution in [0.3, 0.4) is 0 Å². The molecule has 1 amide bonds. The largest absolute Gasteiger partial charge is 0.308 e. The second kappa shape index (κ2) is 6.60. The summed E-state index contributed by atoms with van der Waals surface area (Å²) < 4.78 is 0. The Morgan fingerprint density at radius 3 is 2.76 bits per heavy atom. The van der Waals surface area contributed by atoms with Gasteiger partial charge in [0.2, 0.25) is 0 Å². The van der Waals surface area contributed by atoms with Crippen LogP contribution in [0.5, 0.6) is 0 Å². The molecule has 1 aromatic carbocycles. The Labute approximate surface area is 122 Å². The molecule has 0 bridgehead atoms. The molecule has 0 atom stereocenters. The van der Waals surface area contributed by atoms with Gasteiger partial charge in [-0.1, -0.05) is 13.0 Å². The molecule has 0 spiro atoms. The maximum atomic E-state index is 12.5. The van der Waals surface area contributed by atoms with E-state index < -0.39 is 4.92 Å². The molecule has 6 nitrogen and oxygen atoms in total. The van der Waals surface area contributed by atoms with E-state index in [9.17, 15) is 14.9 Å². The summed E-state index contributed by atoms with van der Waals surface area (Å²) >= 11 is 0. The van der Waals surface area contributed by atoms with Crippen molar-refractivity contribution in [2.75, 3.05) is 11.4 Å². The maximum absolute atomic E-state index is 12.5. The summed E-state index contributed by atoms with van der Waals surface area (Å²) in [6.07, 6.45) is 3.82. The smallest absolute Gasteiger partial charge is 0.271 e. The summed E-state index contributed by atoms with van der Waals surface area (Å²) in [6.45, 7) is 2.43. The van der Waals surface area contributed by atoms with E-state index in [4.69, 9.17) is 0 Å². The number of hydrogen-bond acceptors (Lipinski definition) is 4. The number of nitro benzene ring substituents is 1. The molecule has 1 heterocycles. The molecular formula is C15H15N3O3. The lowest BCUT2D eigenvalue weighted by atomic mass is 10.2. The highest BCUT2D eigenvalue weighted by Gasteiger charge is 2.19. The Hall–Kier alpha value is -2.76. The van der Waals surface area contributed by atoms with Crippen LogP contribution in [-0.4, -0.2) is 22.4 Å². The van der Waals surface area contributed by atoms with Crippen LogP contribution in [0.15, 0.2) is 48.8 Å². The molecular weight excluding hydrogens is 270 g/mol. The average molecular weight is 285 g/mol. The van der Waals surface area contributed by atoms with Gasteiger partial charge < -0.3 is 4.90 Å². The molecule has 0 fully saturated rings. The third-order valence-electron chi connectivity index (χ3n) is 2.95. The fourth-order valence-corrected chi connectivity index (χ4v) is 1.99. The monoisotopic (exact) mass is 285 g/mol. The Morgan fingerprint density at radius 1 is 1.33 bits per heavy atom. The van der Waals surface area contributed by atoms with Crippen molar-refractivity contribution in [3.8, 4) is 0 Å². The Morgan fingerprint density at radius 2 is 2.14 bits per heavy atom. The van der Waals surface area contributed by atoms with Crippen molar-refractivity contribution >= 4 is 17.3 Å². The molecule has 2 rings (SSSR count). The van der Waals surface area contributed by atoms with E-state index in [1.165, 1.54) is 23.2 Å². The molecule has 2 aromatic rings. The highest BCUT2D eigenvalue weighted by molar-refractivity contribution is 6.06. The molecule has 0 aliphatic rings. The highest BCUT2D eigenvalue weighted by Crippen LogP contribution is 2.22. The predicted octanol–water partition coefficient (Wildman–Crippen LogP) is 3.05. The van der Waals surface area contributed by atoms with Crippen LogP contribution in [0, 0.1) is 10.1 Å². The summed E-state index contributed by atoms with van der Waals surface area (Å²) in [6, 6.07) is 9.44. The molecule has 0 saturated heterocycles. The van der Waals surface area contributed by atoms with E-state index >= 15 is 0 Å². The van der Waals surface area contributed by atoms with E-state index in [2.05, 4.69) is 4.98 Å². The van der Waals surface area contributed by atoms with Gasteiger partial charge in [-0.2, -0.15) is 0 Å². The standard InChI is InChI=1S/C15H15N3O3/c1-2-9-17(15(19)12-5-4-8-16-11-12)13-6-3-7-14(10-13)18(20)21/h3-8,10-11H,2,9H2,1H3.